The van der Waals surface area contributed by atoms with Gasteiger partial charge in [-0.05, 0) is 31.2 Å². The monoisotopic (exact) mass is 341 g/mol. The van der Waals surface area contributed by atoms with Crippen molar-refractivity contribution in [1.82, 2.24) is 9.80 Å². The smallest absolute Gasteiger partial charge is 0.238 e. The number of hydrogen-bond acceptors (Lipinski definition) is 5. The molecule has 1 aliphatic heterocycles. The third kappa shape index (κ3) is 4.78. The van der Waals surface area contributed by atoms with Crippen molar-refractivity contribution in [3.8, 4) is 0 Å². The topological polar surface area (TPSA) is 65.8 Å². The van der Waals surface area contributed by atoms with Crippen LogP contribution < -0.4 is 5.32 Å². The predicted octanol–water partition coefficient (Wildman–Crippen LogP) is 2.24. The fourth-order valence-corrected chi connectivity index (χ4v) is 3.02. The van der Waals surface area contributed by atoms with Gasteiger partial charge in [0.1, 0.15) is 5.76 Å². The van der Waals surface area contributed by atoms with E-state index in [-0.39, 0.29) is 11.7 Å². The lowest BCUT2D eigenvalue weighted by atomic mass is 10.1. The van der Waals surface area contributed by atoms with Crippen LogP contribution in [0.4, 0.5) is 5.69 Å². The average molecular weight is 341 g/mol. The molecule has 2 heterocycles. The van der Waals surface area contributed by atoms with Crippen molar-refractivity contribution < 1.29 is 14.0 Å². The molecule has 3 rings (SSSR count). The Hall–Kier alpha value is -2.44. The highest BCUT2D eigenvalue weighted by Gasteiger charge is 2.20. The quantitative estimate of drug-likeness (QED) is 0.816. The molecule has 132 valence electrons. The van der Waals surface area contributed by atoms with Crippen molar-refractivity contribution in [2.45, 2.75) is 13.5 Å². The summed E-state index contributed by atoms with van der Waals surface area (Å²) in [6.07, 6.45) is 1.69. The molecule has 1 aliphatic rings. The van der Waals surface area contributed by atoms with Crippen LogP contribution in [0.15, 0.2) is 47.1 Å². The lowest BCUT2D eigenvalue weighted by Gasteiger charge is -2.33. The summed E-state index contributed by atoms with van der Waals surface area (Å²) >= 11 is 0. The third-order valence-electron chi connectivity index (χ3n) is 4.37. The summed E-state index contributed by atoms with van der Waals surface area (Å²) in [6.45, 7) is 6.12. The number of para-hydroxylation sites is 1. The number of furan rings is 1. The van der Waals surface area contributed by atoms with Gasteiger partial charge in [0.25, 0.3) is 0 Å². The first kappa shape index (κ1) is 17.4. The van der Waals surface area contributed by atoms with Gasteiger partial charge in [0.15, 0.2) is 5.78 Å². The van der Waals surface area contributed by atoms with Crippen LogP contribution in [-0.4, -0.2) is 54.2 Å². The van der Waals surface area contributed by atoms with Crippen LogP contribution in [-0.2, 0) is 11.3 Å². The van der Waals surface area contributed by atoms with Crippen molar-refractivity contribution in [2.24, 2.45) is 0 Å². The second-order valence-corrected chi connectivity index (χ2v) is 6.28. The van der Waals surface area contributed by atoms with Crippen LogP contribution in [0.5, 0.6) is 0 Å². The molecule has 1 N–H and O–H groups in total. The van der Waals surface area contributed by atoms with Crippen molar-refractivity contribution in [1.29, 1.82) is 0 Å². The van der Waals surface area contributed by atoms with Crippen LogP contribution in [0, 0.1) is 0 Å². The van der Waals surface area contributed by atoms with Crippen molar-refractivity contribution in [2.75, 3.05) is 38.0 Å². The van der Waals surface area contributed by atoms with E-state index in [1.807, 2.05) is 18.2 Å². The zero-order chi connectivity index (χ0) is 17.6. The molecule has 6 heteroatoms. The molecule has 1 amide bonds. The van der Waals surface area contributed by atoms with Crippen LogP contribution in [0.3, 0.4) is 0 Å². The van der Waals surface area contributed by atoms with E-state index in [1.165, 1.54) is 6.92 Å². The third-order valence-corrected chi connectivity index (χ3v) is 4.37. The van der Waals surface area contributed by atoms with Gasteiger partial charge in [0.2, 0.25) is 5.91 Å². The average Bonchev–Trinajstić information content (AvgIpc) is 3.10. The van der Waals surface area contributed by atoms with E-state index in [0.717, 1.165) is 38.5 Å². The molecular formula is C19H23N3O3. The number of hydrogen-bond donors (Lipinski definition) is 1. The van der Waals surface area contributed by atoms with Crippen LogP contribution >= 0.6 is 0 Å². The Kier molecular flexibility index (Phi) is 5.63. The molecule has 6 nitrogen and oxygen atoms in total. The van der Waals surface area contributed by atoms with Crippen molar-refractivity contribution in [3.05, 3.63) is 54.0 Å². The lowest BCUT2D eigenvalue weighted by molar-refractivity contribution is -0.117. The van der Waals surface area contributed by atoms with Crippen molar-refractivity contribution >= 4 is 17.4 Å². The zero-order valence-corrected chi connectivity index (χ0v) is 14.4. The number of carbonyl (C=O) groups excluding carboxylic acids is 2. The summed E-state index contributed by atoms with van der Waals surface area (Å²) in [5, 5.41) is 2.86. The number of carbonyl (C=O) groups is 2. The van der Waals surface area contributed by atoms with Gasteiger partial charge in [-0.15, -0.1) is 0 Å². The molecule has 0 spiro atoms. The molecule has 25 heavy (non-hydrogen) atoms. The van der Waals surface area contributed by atoms with Crippen LogP contribution in [0.25, 0.3) is 0 Å². The Morgan fingerprint density at radius 2 is 1.76 bits per heavy atom. The fraction of sp³-hybridized carbons (Fsp3) is 0.368. The summed E-state index contributed by atoms with van der Waals surface area (Å²) in [6, 6.07) is 11.0. The molecule has 0 aliphatic carbocycles. The number of benzene rings is 1. The van der Waals surface area contributed by atoms with E-state index in [9.17, 15) is 9.59 Å². The highest BCUT2D eigenvalue weighted by Crippen LogP contribution is 2.16. The standard InChI is InChI=1S/C19H23N3O3/c1-15(23)17-6-2-3-7-18(17)20-19(24)14-22-10-8-21(9-11-22)13-16-5-4-12-25-16/h2-7,12H,8-11,13-14H2,1H3,(H,20,24). The molecule has 0 radical (unpaired) electrons. The molecule has 1 aromatic carbocycles. The Morgan fingerprint density at radius 1 is 1.04 bits per heavy atom. The maximum absolute atomic E-state index is 12.3. The van der Waals surface area contributed by atoms with Crippen LogP contribution in [0.1, 0.15) is 23.0 Å². The van der Waals surface area contributed by atoms with E-state index < -0.39 is 0 Å². The minimum atomic E-state index is -0.0896. The number of nitrogens with zero attached hydrogens (tertiary/aromatic N) is 2. The first-order valence-corrected chi connectivity index (χ1v) is 8.49. The second-order valence-electron chi connectivity index (χ2n) is 6.28. The van der Waals surface area contributed by atoms with Gasteiger partial charge in [0, 0.05) is 31.7 Å². The zero-order valence-electron chi connectivity index (χ0n) is 14.4. The molecule has 0 atom stereocenters. The number of amides is 1. The van der Waals surface area contributed by atoms with Crippen molar-refractivity contribution in [3.63, 3.8) is 0 Å². The number of Topliss-reactive ketones (excluding diaryl/α,β-unsaturated/α-hetero) is 1. The van der Waals surface area contributed by atoms with Crippen LogP contribution in [0.2, 0.25) is 0 Å². The number of piperazine rings is 1. The molecule has 0 bridgehead atoms. The minimum Gasteiger partial charge on any atom is -0.468 e. The van der Waals surface area contributed by atoms with Gasteiger partial charge < -0.3 is 9.73 Å². The highest BCUT2D eigenvalue weighted by molar-refractivity contribution is 6.04. The minimum absolute atomic E-state index is 0.0533. The van der Waals surface area contributed by atoms with E-state index >= 15 is 0 Å². The van der Waals surface area contributed by atoms with Gasteiger partial charge in [-0.3, -0.25) is 19.4 Å². The molecule has 0 unspecified atom stereocenters. The maximum atomic E-state index is 12.3. The summed E-state index contributed by atoms with van der Waals surface area (Å²) in [5.41, 5.74) is 1.12. The molecule has 1 saturated heterocycles. The Bertz CT molecular complexity index is 719. The van der Waals surface area contributed by atoms with E-state index in [2.05, 4.69) is 15.1 Å². The molecule has 1 aromatic heterocycles. The number of nitrogens with one attached hydrogen (secondary N) is 1. The summed E-state index contributed by atoms with van der Waals surface area (Å²) in [5.74, 6) is 0.822. The fourth-order valence-electron chi connectivity index (χ4n) is 3.02. The van der Waals surface area contributed by atoms with Gasteiger partial charge in [-0.1, -0.05) is 12.1 Å². The first-order chi connectivity index (χ1) is 12.1. The summed E-state index contributed by atoms with van der Waals surface area (Å²) in [4.78, 5) is 28.4. The molecular weight excluding hydrogens is 318 g/mol. The normalized spacial score (nSPS) is 15.9. The van der Waals surface area contributed by atoms with E-state index in [1.54, 1.807) is 24.5 Å². The summed E-state index contributed by atoms with van der Waals surface area (Å²) in [7, 11) is 0. The molecule has 0 saturated carbocycles. The van der Waals surface area contributed by atoms with E-state index in [0.29, 0.717) is 17.8 Å². The van der Waals surface area contributed by atoms with E-state index in [4.69, 9.17) is 4.42 Å². The SMILES string of the molecule is CC(=O)c1ccccc1NC(=O)CN1CCN(Cc2ccco2)CC1. The van der Waals surface area contributed by atoms with Gasteiger partial charge in [-0.25, -0.2) is 0 Å². The first-order valence-electron chi connectivity index (χ1n) is 8.49. The predicted molar refractivity (Wildman–Crippen MR) is 95.5 cm³/mol. The number of ketones is 1. The van der Waals surface area contributed by atoms with Gasteiger partial charge >= 0.3 is 0 Å². The highest BCUT2D eigenvalue weighted by atomic mass is 16.3. The lowest BCUT2D eigenvalue weighted by Crippen LogP contribution is -2.48. The molecule has 1 fully saturated rings. The Balaban J connectivity index is 1.47. The van der Waals surface area contributed by atoms with Gasteiger partial charge in [0.05, 0.1) is 25.0 Å². The Morgan fingerprint density at radius 3 is 2.44 bits per heavy atom. The number of anilines is 1. The van der Waals surface area contributed by atoms with Gasteiger partial charge in [-0.2, -0.15) is 0 Å². The molecule has 2 aromatic rings. The largest absolute Gasteiger partial charge is 0.468 e. The summed E-state index contributed by atoms with van der Waals surface area (Å²) < 4.78 is 5.38. The second kappa shape index (κ2) is 8.09. The Labute approximate surface area is 147 Å². The maximum Gasteiger partial charge on any atom is 0.238 e. The number of rotatable bonds is 6.